The zero-order valence-electron chi connectivity index (χ0n) is 11.2. The van der Waals surface area contributed by atoms with Crippen LogP contribution in [-0.2, 0) is 6.54 Å². The summed E-state index contributed by atoms with van der Waals surface area (Å²) in [4.78, 5) is 2.65. The standard InChI is InChI=1S/C15H23BrN2/c1-17-10-9-14-7-4-5-11-18(14)12-13-6-2-3-8-15(13)16/h2-3,6,8,14,17H,4-5,7,9-12H2,1H3. The van der Waals surface area contributed by atoms with Crippen molar-refractivity contribution >= 4 is 15.9 Å². The van der Waals surface area contributed by atoms with Gasteiger partial charge in [0.25, 0.3) is 0 Å². The molecule has 1 unspecified atom stereocenters. The first kappa shape index (κ1) is 14.0. The number of halogens is 1. The van der Waals surface area contributed by atoms with Gasteiger partial charge in [-0.2, -0.15) is 0 Å². The van der Waals surface area contributed by atoms with Crippen molar-refractivity contribution < 1.29 is 0 Å². The zero-order valence-corrected chi connectivity index (χ0v) is 12.7. The van der Waals surface area contributed by atoms with Crippen LogP contribution in [0, 0.1) is 0 Å². The summed E-state index contributed by atoms with van der Waals surface area (Å²) in [5.41, 5.74) is 1.41. The van der Waals surface area contributed by atoms with Crippen LogP contribution in [0.1, 0.15) is 31.2 Å². The molecule has 1 atom stereocenters. The Morgan fingerprint density at radius 1 is 1.33 bits per heavy atom. The molecule has 1 heterocycles. The summed E-state index contributed by atoms with van der Waals surface area (Å²) in [6.07, 6.45) is 5.36. The fourth-order valence-electron chi connectivity index (χ4n) is 2.75. The minimum atomic E-state index is 0.748. The minimum absolute atomic E-state index is 0.748. The first-order valence-corrected chi connectivity index (χ1v) is 7.72. The van der Waals surface area contributed by atoms with Gasteiger partial charge in [-0.05, 0) is 51.0 Å². The van der Waals surface area contributed by atoms with Crippen LogP contribution < -0.4 is 5.32 Å². The third kappa shape index (κ3) is 3.81. The summed E-state index contributed by atoms with van der Waals surface area (Å²) in [6.45, 7) is 3.45. The van der Waals surface area contributed by atoms with Crippen molar-refractivity contribution in [3.8, 4) is 0 Å². The number of hydrogen-bond acceptors (Lipinski definition) is 2. The maximum atomic E-state index is 3.66. The Morgan fingerprint density at radius 3 is 2.94 bits per heavy atom. The van der Waals surface area contributed by atoms with Crippen LogP contribution in [-0.4, -0.2) is 31.1 Å². The zero-order chi connectivity index (χ0) is 12.8. The van der Waals surface area contributed by atoms with Gasteiger partial charge in [0.05, 0.1) is 0 Å². The van der Waals surface area contributed by atoms with Gasteiger partial charge < -0.3 is 5.32 Å². The van der Waals surface area contributed by atoms with Crippen LogP contribution in [0.5, 0.6) is 0 Å². The van der Waals surface area contributed by atoms with E-state index in [9.17, 15) is 0 Å². The van der Waals surface area contributed by atoms with Crippen LogP contribution in [0.4, 0.5) is 0 Å². The number of nitrogens with zero attached hydrogens (tertiary/aromatic N) is 1. The van der Waals surface area contributed by atoms with Crippen LogP contribution in [0.15, 0.2) is 28.7 Å². The lowest BCUT2D eigenvalue weighted by Gasteiger charge is -2.36. The Kier molecular flexibility index (Phi) is 5.67. The van der Waals surface area contributed by atoms with Gasteiger partial charge in [0.1, 0.15) is 0 Å². The highest BCUT2D eigenvalue weighted by molar-refractivity contribution is 9.10. The van der Waals surface area contributed by atoms with E-state index in [0.29, 0.717) is 0 Å². The number of nitrogens with one attached hydrogen (secondary N) is 1. The predicted octanol–water partition coefficient (Wildman–Crippen LogP) is 3.41. The molecule has 1 aromatic carbocycles. The fourth-order valence-corrected chi connectivity index (χ4v) is 3.16. The molecule has 0 bridgehead atoms. The van der Waals surface area contributed by atoms with E-state index in [2.05, 4.69) is 50.4 Å². The molecule has 3 heteroatoms. The van der Waals surface area contributed by atoms with E-state index in [1.54, 1.807) is 0 Å². The summed E-state index contributed by atoms with van der Waals surface area (Å²) in [5.74, 6) is 0. The molecular formula is C15H23BrN2. The van der Waals surface area contributed by atoms with Gasteiger partial charge in [-0.1, -0.05) is 40.5 Å². The van der Waals surface area contributed by atoms with Gasteiger partial charge in [-0.3, -0.25) is 4.90 Å². The van der Waals surface area contributed by atoms with Gasteiger partial charge in [-0.15, -0.1) is 0 Å². The van der Waals surface area contributed by atoms with Gasteiger partial charge in [0.2, 0.25) is 0 Å². The summed E-state index contributed by atoms with van der Waals surface area (Å²) in [6, 6.07) is 9.34. The van der Waals surface area contributed by atoms with Crippen LogP contribution >= 0.6 is 15.9 Å². The summed E-state index contributed by atoms with van der Waals surface area (Å²) in [7, 11) is 2.04. The summed E-state index contributed by atoms with van der Waals surface area (Å²) < 4.78 is 1.24. The average Bonchev–Trinajstić information content (AvgIpc) is 2.40. The van der Waals surface area contributed by atoms with Crippen molar-refractivity contribution in [3.05, 3.63) is 34.3 Å². The highest BCUT2D eigenvalue weighted by Gasteiger charge is 2.22. The molecule has 1 aliphatic rings. The second-order valence-electron chi connectivity index (χ2n) is 5.10. The van der Waals surface area contributed by atoms with Crippen molar-refractivity contribution in [2.24, 2.45) is 0 Å². The van der Waals surface area contributed by atoms with Crippen molar-refractivity contribution in [1.29, 1.82) is 0 Å². The lowest BCUT2D eigenvalue weighted by molar-refractivity contribution is 0.132. The van der Waals surface area contributed by atoms with Gasteiger partial charge in [0, 0.05) is 17.1 Å². The number of likely N-dealkylation sites (tertiary alicyclic amines) is 1. The molecule has 1 saturated heterocycles. The van der Waals surface area contributed by atoms with Crippen molar-refractivity contribution in [3.63, 3.8) is 0 Å². The monoisotopic (exact) mass is 310 g/mol. The molecule has 1 aliphatic heterocycles. The summed E-state index contributed by atoms with van der Waals surface area (Å²) >= 11 is 3.66. The quantitative estimate of drug-likeness (QED) is 0.896. The molecule has 1 aromatic rings. The van der Waals surface area contributed by atoms with E-state index >= 15 is 0 Å². The molecule has 0 spiro atoms. The fraction of sp³-hybridized carbons (Fsp3) is 0.600. The van der Waals surface area contributed by atoms with Crippen LogP contribution in [0.3, 0.4) is 0 Å². The van der Waals surface area contributed by atoms with Crippen molar-refractivity contribution in [1.82, 2.24) is 10.2 Å². The highest BCUT2D eigenvalue weighted by atomic mass is 79.9. The van der Waals surface area contributed by atoms with E-state index in [1.165, 1.54) is 42.3 Å². The topological polar surface area (TPSA) is 15.3 Å². The molecule has 2 nitrogen and oxygen atoms in total. The first-order chi connectivity index (χ1) is 8.81. The smallest absolute Gasteiger partial charge is 0.0247 e. The van der Waals surface area contributed by atoms with Crippen molar-refractivity contribution in [2.75, 3.05) is 20.1 Å². The molecule has 0 amide bonds. The third-order valence-electron chi connectivity index (χ3n) is 3.81. The third-order valence-corrected chi connectivity index (χ3v) is 4.58. The Morgan fingerprint density at radius 2 is 2.17 bits per heavy atom. The molecule has 0 saturated carbocycles. The maximum Gasteiger partial charge on any atom is 0.0247 e. The molecule has 0 aromatic heterocycles. The second kappa shape index (κ2) is 7.27. The Hall–Kier alpha value is -0.380. The SMILES string of the molecule is CNCCC1CCCCN1Cc1ccccc1Br. The lowest BCUT2D eigenvalue weighted by Crippen LogP contribution is -2.40. The second-order valence-corrected chi connectivity index (χ2v) is 5.96. The molecule has 0 radical (unpaired) electrons. The van der Waals surface area contributed by atoms with E-state index in [0.717, 1.165) is 19.1 Å². The van der Waals surface area contributed by atoms with Crippen molar-refractivity contribution in [2.45, 2.75) is 38.3 Å². The van der Waals surface area contributed by atoms with Gasteiger partial charge in [0.15, 0.2) is 0 Å². The molecule has 1 fully saturated rings. The van der Waals surface area contributed by atoms with E-state index in [-0.39, 0.29) is 0 Å². The number of benzene rings is 1. The molecule has 2 rings (SSSR count). The number of hydrogen-bond donors (Lipinski definition) is 1. The van der Waals surface area contributed by atoms with E-state index < -0.39 is 0 Å². The van der Waals surface area contributed by atoms with E-state index in [4.69, 9.17) is 0 Å². The molecule has 100 valence electrons. The average molecular weight is 311 g/mol. The normalized spacial score (nSPS) is 21.1. The van der Waals surface area contributed by atoms with Crippen LogP contribution in [0.25, 0.3) is 0 Å². The molecule has 0 aliphatic carbocycles. The van der Waals surface area contributed by atoms with Gasteiger partial charge in [-0.25, -0.2) is 0 Å². The Labute approximate surface area is 119 Å². The first-order valence-electron chi connectivity index (χ1n) is 6.93. The Bertz CT molecular complexity index is 367. The van der Waals surface area contributed by atoms with Gasteiger partial charge >= 0.3 is 0 Å². The molecular weight excluding hydrogens is 288 g/mol. The lowest BCUT2D eigenvalue weighted by atomic mass is 9.98. The van der Waals surface area contributed by atoms with Crippen LogP contribution in [0.2, 0.25) is 0 Å². The summed E-state index contributed by atoms with van der Waals surface area (Å²) in [5, 5.41) is 3.27. The minimum Gasteiger partial charge on any atom is -0.320 e. The predicted molar refractivity (Wildman–Crippen MR) is 80.7 cm³/mol. The number of piperidine rings is 1. The number of rotatable bonds is 5. The highest BCUT2D eigenvalue weighted by Crippen LogP contribution is 2.24. The maximum absolute atomic E-state index is 3.66. The molecule has 18 heavy (non-hydrogen) atoms. The van der Waals surface area contributed by atoms with E-state index in [1.807, 2.05) is 7.05 Å². The molecule has 1 N–H and O–H groups in total. The Balaban J connectivity index is 1.98. The largest absolute Gasteiger partial charge is 0.320 e.